The Labute approximate surface area is 163 Å². The van der Waals surface area contributed by atoms with E-state index >= 15 is 0 Å². The molecule has 1 aliphatic rings. The molecule has 1 aliphatic heterocycles. The maximum atomic E-state index is 12.3. The first-order valence-corrected chi connectivity index (χ1v) is 9.05. The van der Waals surface area contributed by atoms with Crippen LogP contribution < -0.4 is 14.8 Å². The summed E-state index contributed by atoms with van der Waals surface area (Å²) in [5, 5.41) is 7.47. The minimum Gasteiger partial charge on any atom is -0.475 e. The number of hydrogen-bond acceptors (Lipinski definition) is 5. The second-order valence-electron chi connectivity index (χ2n) is 6.71. The average Bonchev–Trinajstić information content (AvgIpc) is 3.27. The van der Waals surface area contributed by atoms with Crippen molar-refractivity contribution in [3.63, 3.8) is 0 Å². The van der Waals surface area contributed by atoms with Gasteiger partial charge in [0.1, 0.15) is 5.75 Å². The summed E-state index contributed by atoms with van der Waals surface area (Å²) < 4.78 is 51.8. The van der Waals surface area contributed by atoms with Crippen LogP contribution in [-0.2, 0) is 4.79 Å². The molecule has 1 aromatic heterocycles. The van der Waals surface area contributed by atoms with E-state index in [1.165, 1.54) is 12.1 Å². The van der Waals surface area contributed by atoms with Crippen LogP contribution in [0.2, 0.25) is 0 Å². The van der Waals surface area contributed by atoms with Crippen molar-refractivity contribution in [1.82, 2.24) is 10.5 Å². The normalized spacial score (nSPS) is 16.8. The van der Waals surface area contributed by atoms with E-state index in [-0.39, 0.29) is 17.7 Å². The average molecular weight is 406 g/mol. The van der Waals surface area contributed by atoms with E-state index in [0.29, 0.717) is 41.9 Å². The fraction of sp³-hybridized carbons (Fsp3) is 0.300. The van der Waals surface area contributed by atoms with Crippen molar-refractivity contribution in [1.29, 1.82) is 0 Å². The maximum absolute atomic E-state index is 12.3. The summed E-state index contributed by atoms with van der Waals surface area (Å²) in [4.78, 5) is 11.2. The zero-order chi connectivity index (χ0) is 20.4. The van der Waals surface area contributed by atoms with Crippen LogP contribution in [-0.4, -0.2) is 30.1 Å². The van der Waals surface area contributed by atoms with Gasteiger partial charge < -0.3 is 19.3 Å². The number of benzene rings is 2. The van der Waals surface area contributed by atoms with Gasteiger partial charge in [-0.05, 0) is 47.0 Å². The number of nitrogens with zero attached hydrogens (tertiary/aromatic N) is 1. The van der Waals surface area contributed by atoms with Crippen molar-refractivity contribution in [2.24, 2.45) is 0 Å². The van der Waals surface area contributed by atoms with Gasteiger partial charge in [-0.2, -0.15) is 0 Å². The first-order valence-electron chi connectivity index (χ1n) is 9.05. The third kappa shape index (κ3) is 4.61. The molecule has 4 rings (SSSR count). The summed E-state index contributed by atoms with van der Waals surface area (Å²) in [6.45, 7) is 0.375. The standard InChI is InChI=1S/C20H17F3N2O4/c21-20(22,23)28-15-5-1-12(2-6-15)13-3-7-17-16(11-13)19(25-29-17)27-10-9-14-4-8-18(26)24-14/h1-3,5-7,11,14H,4,8-10H2,(H,24,26). The first-order chi connectivity index (χ1) is 13.9. The number of fused-ring (bicyclic) bond motifs is 1. The highest BCUT2D eigenvalue weighted by molar-refractivity contribution is 5.87. The molecule has 2 aromatic carbocycles. The molecular weight excluding hydrogens is 389 g/mol. The van der Waals surface area contributed by atoms with Crippen LogP contribution in [0.15, 0.2) is 47.0 Å². The van der Waals surface area contributed by atoms with E-state index in [2.05, 4.69) is 15.2 Å². The number of hydrogen-bond donors (Lipinski definition) is 1. The summed E-state index contributed by atoms with van der Waals surface area (Å²) in [6, 6.07) is 11.0. The van der Waals surface area contributed by atoms with Crippen molar-refractivity contribution < 1.29 is 32.0 Å². The van der Waals surface area contributed by atoms with Gasteiger partial charge in [0.2, 0.25) is 5.91 Å². The van der Waals surface area contributed by atoms with Crippen LogP contribution in [0.1, 0.15) is 19.3 Å². The zero-order valence-corrected chi connectivity index (χ0v) is 15.2. The van der Waals surface area contributed by atoms with E-state index in [1.807, 2.05) is 0 Å². The molecule has 0 aliphatic carbocycles. The Morgan fingerprint density at radius 1 is 1.14 bits per heavy atom. The molecule has 1 saturated heterocycles. The summed E-state index contributed by atoms with van der Waals surface area (Å²) in [5.74, 6) is 0.108. The molecule has 1 fully saturated rings. The summed E-state index contributed by atoms with van der Waals surface area (Å²) in [7, 11) is 0. The zero-order valence-electron chi connectivity index (χ0n) is 15.2. The maximum Gasteiger partial charge on any atom is 0.573 e. The molecule has 6 nitrogen and oxygen atoms in total. The topological polar surface area (TPSA) is 73.6 Å². The van der Waals surface area contributed by atoms with E-state index in [0.717, 1.165) is 12.0 Å². The van der Waals surface area contributed by atoms with Gasteiger partial charge in [-0.15, -0.1) is 13.2 Å². The fourth-order valence-corrected chi connectivity index (χ4v) is 3.24. The van der Waals surface area contributed by atoms with Gasteiger partial charge in [0.25, 0.3) is 5.88 Å². The number of aromatic nitrogens is 1. The SMILES string of the molecule is O=C1CCC(CCOc2noc3ccc(-c4ccc(OC(F)(F)F)cc4)cc23)N1. The Morgan fingerprint density at radius 3 is 2.59 bits per heavy atom. The van der Waals surface area contributed by atoms with Gasteiger partial charge in [0, 0.05) is 18.9 Å². The molecule has 0 spiro atoms. The molecule has 3 aromatic rings. The molecule has 1 amide bonds. The second-order valence-corrected chi connectivity index (χ2v) is 6.71. The van der Waals surface area contributed by atoms with Crippen LogP contribution in [0.25, 0.3) is 22.1 Å². The molecule has 1 atom stereocenters. The fourth-order valence-electron chi connectivity index (χ4n) is 3.24. The van der Waals surface area contributed by atoms with Crippen LogP contribution in [0.3, 0.4) is 0 Å². The van der Waals surface area contributed by atoms with Crippen LogP contribution in [0, 0.1) is 0 Å². The predicted molar refractivity (Wildman–Crippen MR) is 97.4 cm³/mol. The van der Waals surface area contributed by atoms with E-state index < -0.39 is 6.36 Å². The molecule has 29 heavy (non-hydrogen) atoms. The molecular formula is C20H17F3N2O4. The molecule has 1 N–H and O–H groups in total. The molecule has 152 valence electrons. The lowest BCUT2D eigenvalue weighted by Gasteiger charge is -2.10. The second kappa shape index (κ2) is 7.65. The molecule has 0 radical (unpaired) electrons. The van der Waals surface area contributed by atoms with E-state index in [1.54, 1.807) is 30.3 Å². The molecule has 0 saturated carbocycles. The van der Waals surface area contributed by atoms with Crippen molar-refractivity contribution in [2.45, 2.75) is 31.7 Å². The highest BCUT2D eigenvalue weighted by Gasteiger charge is 2.31. The Kier molecular flexibility index (Phi) is 5.04. The number of carbonyl (C=O) groups excluding carboxylic acids is 1. The van der Waals surface area contributed by atoms with Gasteiger partial charge in [0.15, 0.2) is 5.58 Å². The van der Waals surface area contributed by atoms with E-state index in [9.17, 15) is 18.0 Å². The Bertz CT molecular complexity index is 1010. The van der Waals surface area contributed by atoms with Crippen LogP contribution in [0.4, 0.5) is 13.2 Å². The highest BCUT2D eigenvalue weighted by atomic mass is 19.4. The Balaban J connectivity index is 1.47. The number of halogens is 3. The van der Waals surface area contributed by atoms with Crippen LogP contribution in [0.5, 0.6) is 11.6 Å². The van der Waals surface area contributed by atoms with Crippen molar-refractivity contribution in [3.05, 3.63) is 42.5 Å². The largest absolute Gasteiger partial charge is 0.573 e. The third-order valence-corrected chi connectivity index (χ3v) is 4.65. The van der Waals surface area contributed by atoms with Gasteiger partial charge in [-0.1, -0.05) is 18.2 Å². The molecule has 2 heterocycles. The smallest absolute Gasteiger partial charge is 0.475 e. The van der Waals surface area contributed by atoms with Crippen molar-refractivity contribution in [2.75, 3.05) is 6.61 Å². The molecule has 0 bridgehead atoms. The minimum absolute atomic E-state index is 0.0539. The monoisotopic (exact) mass is 406 g/mol. The summed E-state index contributed by atoms with van der Waals surface area (Å²) in [6.07, 6.45) is -2.73. The Morgan fingerprint density at radius 2 is 1.90 bits per heavy atom. The lowest BCUT2D eigenvalue weighted by Crippen LogP contribution is -2.26. The number of carbonyl (C=O) groups is 1. The first kappa shape index (κ1) is 19.1. The number of ether oxygens (including phenoxy) is 2. The van der Waals surface area contributed by atoms with Crippen molar-refractivity contribution in [3.8, 4) is 22.8 Å². The number of amides is 1. The lowest BCUT2D eigenvalue weighted by molar-refractivity contribution is -0.274. The predicted octanol–water partition coefficient (Wildman–Crippen LogP) is 4.44. The molecule has 9 heteroatoms. The van der Waals surface area contributed by atoms with Gasteiger partial charge in [-0.3, -0.25) is 4.79 Å². The van der Waals surface area contributed by atoms with Gasteiger partial charge >= 0.3 is 6.36 Å². The third-order valence-electron chi connectivity index (χ3n) is 4.65. The number of rotatable bonds is 6. The number of alkyl halides is 3. The van der Waals surface area contributed by atoms with Gasteiger partial charge in [0.05, 0.1) is 12.0 Å². The van der Waals surface area contributed by atoms with E-state index in [4.69, 9.17) is 9.26 Å². The summed E-state index contributed by atoms with van der Waals surface area (Å²) in [5.41, 5.74) is 2.02. The van der Waals surface area contributed by atoms with Crippen molar-refractivity contribution >= 4 is 16.9 Å². The quantitative estimate of drug-likeness (QED) is 0.655. The lowest BCUT2D eigenvalue weighted by atomic mass is 10.0. The van der Waals surface area contributed by atoms with Gasteiger partial charge in [-0.25, -0.2) is 0 Å². The summed E-state index contributed by atoms with van der Waals surface area (Å²) >= 11 is 0. The van der Waals surface area contributed by atoms with Crippen LogP contribution >= 0.6 is 0 Å². The Hall–Kier alpha value is -3.23. The minimum atomic E-state index is -4.73. The highest BCUT2D eigenvalue weighted by Crippen LogP contribution is 2.32. The molecule has 1 unspecified atom stereocenters. The number of nitrogens with one attached hydrogen (secondary N) is 1.